The molecule has 165 valence electrons. The number of aliphatic imine (C=N–C) groups is 1. The third kappa shape index (κ3) is 9.07. The SMILES string of the molecule is CC(C)(C)OC(=O)N=C(c1cc[c]cc1)N(C(=O)OC(C)(C)C)C(=O)OC(C)(C)C. The minimum Gasteiger partial charge on any atom is -0.443 e. The van der Waals surface area contributed by atoms with Gasteiger partial charge >= 0.3 is 18.3 Å². The van der Waals surface area contributed by atoms with Crippen LogP contribution in [0.2, 0.25) is 0 Å². The maximum atomic E-state index is 12.9. The van der Waals surface area contributed by atoms with Crippen molar-refractivity contribution < 1.29 is 28.6 Å². The number of imide groups is 1. The maximum absolute atomic E-state index is 12.9. The van der Waals surface area contributed by atoms with Crippen LogP contribution in [0.3, 0.4) is 0 Å². The number of amidine groups is 1. The summed E-state index contributed by atoms with van der Waals surface area (Å²) in [5.41, 5.74) is -2.33. The van der Waals surface area contributed by atoms with Gasteiger partial charge in [-0.25, -0.2) is 14.4 Å². The van der Waals surface area contributed by atoms with Crippen molar-refractivity contribution in [1.29, 1.82) is 0 Å². The number of hydrogen-bond donors (Lipinski definition) is 0. The lowest BCUT2D eigenvalue weighted by atomic mass is 10.2. The minimum absolute atomic E-state index is 0.276. The van der Waals surface area contributed by atoms with Gasteiger partial charge in [-0.15, -0.1) is 0 Å². The number of amides is 3. The number of carbonyl (C=O) groups is 3. The second-order valence-corrected chi connectivity index (χ2v) is 9.50. The normalized spacial score (nSPS) is 12.8. The van der Waals surface area contributed by atoms with E-state index < -0.39 is 35.1 Å². The van der Waals surface area contributed by atoms with Crippen LogP contribution >= 0.6 is 0 Å². The van der Waals surface area contributed by atoms with Gasteiger partial charge in [0.05, 0.1) is 0 Å². The molecule has 0 aliphatic rings. The molecule has 8 heteroatoms. The molecule has 1 aromatic carbocycles. The molecule has 0 spiro atoms. The number of hydrogen-bond acceptors (Lipinski definition) is 6. The van der Waals surface area contributed by atoms with E-state index in [1.165, 1.54) is 0 Å². The highest BCUT2D eigenvalue weighted by Gasteiger charge is 2.36. The van der Waals surface area contributed by atoms with E-state index in [-0.39, 0.29) is 5.84 Å². The van der Waals surface area contributed by atoms with E-state index in [1.54, 1.807) is 86.6 Å². The van der Waals surface area contributed by atoms with Crippen molar-refractivity contribution >= 4 is 24.1 Å². The van der Waals surface area contributed by atoms with E-state index in [0.29, 0.717) is 10.5 Å². The molecule has 1 rings (SSSR count). The van der Waals surface area contributed by atoms with Crippen molar-refractivity contribution in [2.75, 3.05) is 0 Å². The predicted octanol–water partition coefficient (Wildman–Crippen LogP) is 5.34. The largest absolute Gasteiger partial charge is 0.443 e. The second kappa shape index (κ2) is 9.28. The van der Waals surface area contributed by atoms with Crippen molar-refractivity contribution in [3.8, 4) is 0 Å². The van der Waals surface area contributed by atoms with Gasteiger partial charge in [0.15, 0.2) is 5.84 Å². The first-order chi connectivity index (χ1) is 13.5. The molecule has 30 heavy (non-hydrogen) atoms. The zero-order valence-corrected chi connectivity index (χ0v) is 19.2. The topological polar surface area (TPSA) is 94.5 Å². The smallest absolute Gasteiger partial charge is 0.436 e. The highest BCUT2D eigenvalue weighted by atomic mass is 16.6. The van der Waals surface area contributed by atoms with Gasteiger partial charge in [0, 0.05) is 5.56 Å². The van der Waals surface area contributed by atoms with Gasteiger partial charge in [0.25, 0.3) is 0 Å². The monoisotopic (exact) mass is 419 g/mol. The molecular weight excluding hydrogens is 388 g/mol. The zero-order valence-electron chi connectivity index (χ0n) is 19.2. The van der Waals surface area contributed by atoms with Crippen LogP contribution in [0.25, 0.3) is 0 Å². The average molecular weight is 419 g/mol. The number of carbonyl (C=O) groups excluding carboxylic acids is 3. The first-order valence-electron chi connectivity index (χ1n) is 9.53. The van der Waals surface area contributed by atoms with Gasteiger partial charge in [-0.2, -0.15) is 9.89 Å². The molecular formula is C22H31N2O6. The molecule has 0 aromatic heterocycles. The van der Waals surface area contributed by atoms with Crippen LogP contribution in [-0.4, -0.2) is 45.8 Å². The lowest BCUT2D eigenvalue weighted by molar-refractivity contribution is 0.0148. The third-order valence-electron chi connectivity index (χ3n) is 2.93. The molecule has 0 aliphatic carbocycles. The summed E-state index contributed by atoms with van der Waals surface area (Å²) in [5.74, 6) is -0.276. The summed E-state index contributed by atoms with van der Waals surface area (Å²) < 4.78 is 16.0. The Hall–Kier alpha value is -2.90. The second-order valence-electron chi connectivity index (χ2n) is 9.50. The van der Waals surface area contributed by atoms with Gasteiger partial charge in [-0.05, 0) is 68.4 Å². The third-order valence-corrected chi connectivity index (χ3v) is 2.93. The molecule has 0 unspecified atom stereocenters. The van der Waals surface area contributed by atoms with Crippen LogP contribution in [0.1, 0.15) is 67.9 Å². The minimum atomic E-state index is -1.04. The van der Waals surface area contributed by atoms with E-state index in [2.05, 4.69) is 11.1 Å². The predicted molar refractivity (Wildman–Crippen MR) is 112 cm³/mol. The van der Waals surface area contributed by atoms with Gasteiger partial charge in [-0.3, -0.25) is 0 Å². The van der Waals surface area contributed by atoms with Crippen molar-refractivity contribution in [1.82, 2.24) is 4.90 Å². The molecule has 1 radical (unpaired) electrons. The van der Waals surface area contributed by atoms with E-state index >= 15 is 0 Å². The fourth-order valence-electron chi connectivity index (χ4n) is 2.01. The number of benzene rings is 1. The molecule has 0 fully saturated rings. The Morgan fingerprint density at radius 2 is 1.17 bits per heavy atom. The Morgan fingerprint density at radius 1 is 0.767 bits per heavy atom. The Bertz CT molecular complexity index is 768. The van der Waals surface area contributed by atoms with Crippen LogP contribution in [0.4, 0.5) is 14.4 Å². The average Bonchev–Trinajstić information content (AvgIpc) is 2.49. The molecule has 0 saturated carbocycles. The molecule has 0 saturated heterocycles. The maximum Gasteiger partial charge on any atom is 0.436 e. The zero-order chi connectivity index (χ0) is 23.3. The molecule has 0 N–H and O–H groups in total. The summed E-state index contributed by atoms with van der Waals surface area (Å²) in [6, 6.07) is 9.04. The fraction of sp³-hybridized carbons (Fsp3) is 0.545. The molecule has 1 aromatic rings. The van der Waals surface area contributed by atoms with Gasteiger partial charge in [0.2, 0.25) is 0 Å². The molecule has 0 atom stereocenters. The Labute approximate surface area is 178 Å². The van der Waals surface area contributed by atoms with Crippen molar-refractivity contribution in [3.63, 3.8) is 0 Å². The first-order valence-corrected chi connectivity index (χ1v) is 9.53. The summed E-state index contributed by atoms with van der Waals surface area (Å²) >= 11 is 0. The van der Waals surface area contributed by atoms with Crippen molar-refractivity contribution in [3.05, 3.63) is 35.9 Å². The van der Waals surface area contributed by atoms with Crippen molar-refractivity contribution in [2.24, 2.45) is 4.99 Å². The highest BCUT2D eigenvalue weighted by Crippen LogP contribution is 2.19. The molecule has 8 nitrogen and oxygen atoms in total. The lowest BCUT2D eigenvalue weighted by Crippen LogP contribution is -2.47. The van der Waals surface area contributed by atoms with Crippen LogP contribution in [0, 0.1) is 6.07 Å². The van der Waals surface area contributed by atoms with Crippen LogP contribution in [0.15, 0.2) is 29.3 Å². The van der Waals surface area contributed by atoms with Crippen LogP contribution < -0.4 is 0 Å². The first kappa shape index (κ1) is 25.1. The molecule has 0 heterocycles. The number of nitrogens with zero attached hydrogens (tertiary/aromatic N) is 2. The number of ether oxygens (including phenoxy) is 3. The van der Waals surface area contributed by atoms with E-state index in [1.807, 2.05) is 0 Å². The Balaban J connectivity index is 3.56. The van der Waals surface area contributed by atoms with Crippen molar-refractivity contribution in [2.45, 2.75) is 79.1 Å². The quantitative estimate of drug-likeness (QED) is 0.346. The van der Waals surface area contributed by atoms with E-state index in [4.69, 9.17) is 14.2 Å². The summed E-state index contributed by atoms with van der Waals surface area (Å²) in [6.45, 7) is 15.0. The summed E-state index contributed by atoms with van der Waals surface area (Å²) in [6.07, 6.45) is -3.04. The van der Waals surface area contributed by atoms with Gasteiger partial charge < -0.3 is 14.2 Å². The fourth-order valence-corrected chi connectivity index (χ4v) is 2.01. The number of rotatable bonds is 1. The lowest BCUT2D eigenvalue weighted by Gasteiger charge is -2.29. The summed E-state index contributed by atoms with van der Waals surface area (Å²) in [5, 5.41) is 0. The summed E-state index contributed by atoms with van der Waals surface area (Å²) in [7, 11) is 0. The van der Waals surface area contributed by atoms with Gasteiger partial charge in [-0.1, -0.05) is 24.3 Å². The van der Waals surface area contributed by atoms with Crippen LogP contribution in [0.5, 0.6) is 0 Å². The van der Waals surface area contributed by atoms with Gasteiger partial charge in [0.1, 0.15) is 16.8 Å². The standard InChI is InChI=1S/C22H31N2O6/c1-20(2,3)28-17(25)23-16(15-13-11-10-12-14-15)24(18(26)29-21(4,5)6)19(27)30-22(7,8)9/h11-14H,1-9H3. The molecule has 0 bridgehead atoms. The Morgan fingerprint density at radius 3 is 1.53 bits per heavy atom. The van der Waals surface area contributed by atoms with Crippen LogP contribution in [-0.2, 0) is 14.2 Å². The van der Waals surface area contributed by atoms with E-state index in [0.717, 1.165) is 0 Å². The Kier molecular flexibility index (Phi) is 7.77. The highest BCUT2D eigenvalue weighted by molar-refractivity contribution is 6.17. The summed E-state index contributed by atoms with van der Waals surface area (Å²) in [4.78, 5) is 42.8. The molecule has 0 aliphatic heterocycles. The molecule has 3 amide bonds. The van der Waals surface area contributed by atoms with E-state index in [9.17, 15) is 14.4 Å².